The summed E-state index contributed by atoms with van der Waals surface area (Å²) in [5.74, 6) is 0. The van der Waals surface area contributed by atoms with E-state index in [1.807, 2.05) is 0 Å². The lowest BCUT2D eigenvalue weighted by molar-refractivity contribution is 0.623. The van der Waals surface area contributed by atoms with Crippen LogP contribution in [0.1, 0.15) is 45.4 Å². The predicted octanol–water partition coefficient (Wildman–Crippen LogP) is 5.26. The molecule has 2 heteroatoms. The van der Waals surface area contributed by atoms with Crippen molar-refractivity contribution in [3.63, 3.8) is 0 Å². The first-order chi connectivity index (χ1) is 8.17. The Balaban J connectivity index is 2.26. The van der Waals surface area contributed by atoms with E-state index in [4.69, 9.17) is 0 Å². The molecule has 0 bridgehead atoms. The van der Waals surface area contributed by atoms with Crippen molar-refractivity contribution in [1.29, 1.82) is 0 Å². The van der Waals surface area contributed by atoms with Gasteiger partial charge in [0.1, 0.15) is 0 Å². The third-order valence-electron chi connectivity index (χ3n) is 3.38. The van der Waals surface area contributed by atoms with Gasteiger partial charge in [-0.3, -0.25) is 0 Å². The molecule has 1 unspecified atom stereocenters. The Bertz CT molecular complexity index is 295. The van der Waals surface area contributed by atoms with E-state index in [1.165, 1.54) is 44.6 Å². The molecule has 0 fully saturated rings. The average molecular weight is 360 g/mol. The van der Waals surface area contributed by atoms with Crippen LogP contribution in [-0.4, -0.2) is 5.57 Å². The lowest BCUT2D eigenvalue weighted by Crippen LogP contribution is -2.37. The Hall–Kier alpha value is 0.167. The van der Waals surface area contributed by atoms with Gasteiger partial charge in [-0.25, -0.2) is 0 Å². The Kier molecular flexibility index (Phi) is 7.43. The quantitative estimate of drug-likeness (QED) is 0.257. The van der Waals surface area contributed by atoms with Gasteiger partial charge < -0.3 is 0 Å². The predicted molar refractivity (Wildman–Crippen MR) is 89.9 cm³/mol. The molecule has 1 atom stereocenters. The van der Waals surface area contributed by atoms with Crippen molar-refractivity contribution in [2.45, 2.75) is 58.0 Å². The van der Waals surface area contributed by atoms with E-state index in [1.54, 1.807) is 5.19 Å². The maximum absolute atomic E-state index is 2.75. The molecule has 0 amide bonds. The van der Waals surface area contributed by atoms with Gasteiger partial charge in [0.25, 0.3) is 0 Å². The van der Waals surface area contributed by atoms with E-state index in [0.29, 0.717) is 0 Å². The molecule has 96 valence electrons. The summed E-state index contributed by atoms with van der Waals surface area (Å²) in [4.78, 5) is 0. The van der Waals surface area contributed by atoms with Gasteiger partial charge in [-0.2, -0.15) is 0 Å². The van der Waals surface area contributed by atoms with Gasteiger partial charge in [0.2, 0.25) is 0 Å². The number of unbranched alkanes of at least 4 members (excludes halogenated alkanes) is 5. The molecule has 0 radical (unpaired) electrons. The van der Waals surface area contributed by atoms with Gasteiger partial charge in [0.15, 0.2) is 5.57 Å². The summed E-state index contributed by atoms with van der Waals surface area (Å²) < 4.78 is 0. The SMILES string of the molecule is CCCCCCCC[Si](C)(I)c1ccccc1. The molecule has 1 aromatic rings. The molecular formula is C15H25ISi. The number of benzene rings is 1. The fourth-order valence-electron chi connectivity index (χ4n) is 2.17. The van der Waals surface area contributed by atoms with Gasteiger partial charge in [-0.15, -0.1) is 21.8 Å². The van der Waals surface area contributed by atoms with E-state index in [2.05, 4.69) is 65.6 Å². The van der Waals surface area contributed by atoms with Crippen LogP contribution in [0.3, 0.4) is 0 Å². The molecule has 1 aromatic carbocycles. The summed E-state index contributed by atoms with van der Waals surface area (Å²) in [6, 6.07) is 12.5. The van der Waals surface area contributed by atoms with E-state index in [-0.39, 0.29) is 0 Å². The van der Waals surface area contributed by atoms with Crippen molar-refractivity contribution in [2.75, 3.05) is 0 Å². The first-order valence-electron chi connectivity index (χ1n) is 6.91. The molecule has 0 N–H and O–H groups in total. The molecule has 0 aromatic heterocycles. The van der Waals surface area contributed by atoms with E-state index in [0.717, 1.165) is 0 Å². The summed E-state index contributed by atoms with van der Waals surface area (Å²) in [6.07, 6.45) is 8.48. The number of rotatable bonds is 8. The largest absolute Gasteiger partial charge is 0.152 e. The standard InChI is InChI=1S/C15H25ISi/c1-3-4-5-6-7-11-14-17(2,16)15-12-9-8-10-13-15/h8-10,12-13H,3-7,11,14H2,1-2H3. The zero-order chi connectivity index (χ0) is 12.6. The molecule has 0 aliphatic rings. The van der Waals surface area contributed by atoms with Crippen LogP contribution < -0.4 is 5.19 Å². The molecule has 0 spiro atoms. The van der Waals surface area contributed by atoms with Crippen LogP contribution in [0.5, 0.6) is 0 Å². The molecule has 0 aliphatic carbocycles. The Morgan fingerprint density at radius 3 is 2.18 bits per heavy atom. The van der Waals surface area contributed by atoms with Crippen LogP contribution in [0, 0.1) is 0 Å². The summed E-state index contributed by atoms with van der Waals surface area (Å²) >= 11 is 2.75. The topological polar surface area (TPSA) is 0 Å². The average Bonchev–Trinajstić information content (AvgIpc) is 2.35. The third-order valence-corrected chi connectivity index (χ3v) is 9.69. The maximum atomic E-state index is 2.75. The number of halogens is 1. The Morgan fingerprint density at radius 2 is 1.53 bits per heavy atom. The summed E-state index contributed by atoms with van der Waals surface area (Å²) in [5, 5.41) is 1.61. The normalized spacial score (nSPS) is 14.5. The minimum atomic E-state index is -1.18. The zero-order valence-electron chi connectivity index (χ0n) is 11.2. The molecule has 0 heterocycles. The van der Waals surface area contributed by atoms with E-state index < -0.39 is 5.57 Å². The monoisotopic (exact) mass is 360 g/mol. The van der Waals surface area contributed by atoms with Crippen LogP contribution in [0.15, 0.2) is 30.3 Å². The highest BCUT2D eigenvalue weighted by molar-refractivity contribution is 14.1. The second-order valence-corrected chi connectivity index (χ2v) is 15.7. The van der Waals surface area contributed by atoms with Gasteiger partial charge in [-0.1, -0.05) is 82.3 Å². The van der Waals surface area contributed by atoms with Crippen molar-refractivity contribution < 1.29 is 0 Å². The summed E-state index contributed by atoms with van der Waals surface area (Å²) in [7, 11) is 0. The lowest BCUT2D eigenvalue weighted by atomic mass is 10.1. The van der Waals surface area contributed by atoms with Crippen molar-refractivity contribution in [3.05, 3.63) is 30.3 Å². The van der Waals surface area contributed by atoms with Crippen molar-refractivity contribution in [3.8, 4) is 0 Å². The second-order valence-electron chi connectivity index (χ2n) is 5.08. The lowest BCUT2D eigenvalue weighted by Gasteiger charge is -2.20. The molecule has 0 nitrogen and oxygen atoms in total. The van der Waals surface area contributed by atoms with Crippen LogP contribution in [0.25, 0.3) is 0 Å². The fraction of sp³-hybridized carbons (Fsp3) is 0.600. The van der Waals surface area contributed by atoms with Gasteiger partial charge >= 0.3 is 0 Å². The Morgan fingerprint density at radius 1 is 0.941 bits per heavy atom. The van der Waals surface area contributed by atoms with Gasteiger partial charge in [0, 0.05) is 0 Å². The van der Waals surface area contributed by atoms with Crippen LogP contribution in [-0.2, 0) is 0 Å². The summed E-state index contributed by atoms with van der Waals surface area (Å²) in [5.41, 5.74) is -1.18. The first-order valence-corrected chi connectivity index (χ1v) is 12.7. The smallest absolute Gasteiger partial charge is 0.113 e. The van der Waals surface area contributed by atoms with Crippen molar-refractivity contribution >= 4 is 32.6 Å². The molecule has 1 rings (SSSR count). The molecule has 0 aliphatic heterocycles. The highest BCUT2D eigenvalue weighted by atomic mass is 127. The van der Waals surface area contributed by atoms with Crippen molar-refractivity contribution in [1.82, 2.24) is 0 Å². The molecule has 0 saturated heterocycles. The Labute approximate surface area is 120 Å². The maximum Gasteiger partial charge on any atom is 0.152 e. The van der Waals surface area contributed by atoms with Crippen LogP contribution in [0.2, 0.25) is 12.6 Å². The molecular weight excluding hydrogens is 335 g/mol. The van der Waals surface area contributed by atoms with Gasteiger partial charge in [-0.05, 0) is 11.2 Å². The third kappa shape index (κ3) is 6.05. The fourth-order valence-corrected chi connectivity index (χ4v) is 6.48. The van der Waals surface area contributed by atoms with Gasteiger partial charge in [0.05, 0.1) is 0 Å². The highest BCUT2D eigenvalue weighted by Crippen LogP contribution is 2.22. The zero-order valence-corrected chi connectivity index (χ0v) is 14.4. The molecule has 0 saturated carbocycles. The first kappa shape index (κ1) is 15.2. The minimum absolute atomic E-state index is 1.18. The second kappa shape index (κ2) is 8.30. The van der Waals surface area contributed by atoms with Crippen LogP contribution in [0.4, 0.5) is 0 Å². The van der Waals surface area contributed by atoms with E-state index in [9.17, 15) is 0 Å². The molecule has 17 heavy (non-hydrogen) atoms. The minimum Gasteiger partial charge on any atom is -0.113 e. The highest BCUT2D eigenvalue weighted by Gasteiger charge is 2.24. The number of hydrogen-bond donors (Lipinski definition) is 0. The summed E-state index contributed by atoms with van der Waals surface area (Å²) in [6.45, 7) is 4.78. The van der Waals surface area contributed by atoms with Crippen molar-refractivity contribution in [2.24, 2.45) is 0 Å². The number of hydrogen-bond acceptors (Lipinski definition) is 0. The van der Waals surface area contributed by atoms with Crippen LogP contribution >= 0.6 is 21.8 Å². The van der Waals surface area contributed by atoms with E-state index >= 15 is 0 Å².